The molecule has 5 aromatic rings. The number of H-pyrrole nitrogens is 2. The van der Waals surface area contributed by atoms with Crippen LogP contribution in [0.4, 0.5) is 9.59 Å². The fourth-order valence-corrected chi connectivity index (χ4v) is 9.06. The predicted octanol–water partition coefficient (Wildman–Crippen LogP) is 7.44. The number of thiophene rings is 1. The van der Waals surface area contributed by atoms with Gasteiger partial charge in [0.1, 0.15) is 23.7 Å². The van der Waals surface area contributed by atoms with E-state index in [1.807, 2.05) is 56.0 Å². The number of nitrogens with zero attached hydrogens (tertiary/aromatic N) is 4. The Morgan fingerprint density at radius 3 is 1.68 bits per heavy atom. The quantitative estimate of drug-likeness (QED) is 0.107. The molecule has 14 nitrogen and oxygen atoms in total. The highest BCUT2D eigenvalue weighted by atomic mass is 32.1. The topological polar surface area (TPSA) is 175 Å². The van der Waals surface area contributed by atoms with E-state index in [0.29, 0.717) is 18.9 Å². The Labute approximate surface area is 335 Å². The lowest BCUT2D eigenvalue weighted by Crippen LogP contribution is -2.51. The summed E-state index contributed by atoms with van der Waals surface area (Å²) in [6.45, 7) is 8.79. The molecule has 2 fully saturated rings. The Morgan fingerprint density at radius 1 is 0.684 bits per heavy atom. The minimum atomic E-state index is -0.703. The van der Waals surface area contributed by atoms with Crippen LogP contribution in [0.3, 0.4) is 0 Å². The van der Waals surface area contributed by atoms with Crippen molar-refractivity contribution in [1.82, 2.24) is 40.4 Å². The predicted molar refractivity (Wildman–Crippen MR) is 218 cm³/mol. The fourth-order valence-electron chi connectivity index (χ4n) is 8.05. The second-order valence-electron chi connectivity index (χ2n) is 15.3. The summed E-state index contributed by atoms with van der Waals surface area (Å²) in [4.78, 5) is 73.7. The molecule has 0 saturated carbocycles. The van der Waals surface area contributed by atoms with E-state index in [1.165, 1.54) is 14.2 Å². The molecule has 0 aliphatic carbocycles. The summed E-state index contributed by atoms with van der Waals surface area (Å²) < 4.78 is 9.56. The number of nitrogens with one attached hydrogen (secondary N) is 4. The van der Waals surface area contributed by atoms with Gasteiger partial charge in [-0.25, -0.2) is 19.6 Å². The number of ether oxygens (including phenoxy) is 2. The number of alkyl carbamates (subject to hydrolysis) is 2. The Balaban J connectivity index is 1.11. The maximum atomic E-state index is 13.7. The maximum absolute atomic E-state index is 13.7. The molecule has 2 saturated heterocycles. The van der Waals surface area contributed by atoms with E-state index in [1.54, 1.807) is 11.3 Å². The molecule has 0 radical (unpaired) electrons. The zero-order valence-corrected chi connectivity index (χ0v) is 33.9. The van der Waals surface area contributed by atoms with Gasteiger partial charge in [0.25, 0.3) is 0 Å². The molecule has 300 valence electrons. The standard InChI is InChI=1S/C42H50N8O6S/c1-23(2)35(47-41(53)55-5)39(51)49-19-9-15-31(49)37-43-21-29(45-37)27-13-7-12-26-25(27)11-8-14-28(26)33-17-18-34(57-33)30-22-44-38(46-30)32-16-10-20-50(32)40(52)36(24(3)4)48-42(54)56-6/h7-8,11-14,17-18,21-24,31-32,35-36H,9-10,15-16,19-20H2,1-6H3,(H,43,45)(H,44,46)(H,47,53)(H,48,54)/t31?,32-,35-,36-/m0/s1. The van der Waals surface area contributed by atoms with Crippen molar-refractivity contribution in [2.24, 2.45) is 11.8 Å². The average molecular weight is 795 g/mol. The van der Waals surface area contributed by atoms with Crippen molar-refractivity contribution in [3.63, 3.8) is 0 Å². The first-order valence-corrected chi connectivity index (χ1v) is 20.3. The summed E-state index contributed by atoms with van der Waals surface area (Å²) in [6.07, 6.45) is 5.63. The molecular weight excluding hydrogens is 745 g/mol. The Morgan fingerprint density at radius 2 is 1.16 bits per heavy atom. The number of rotatable bonds is 11. The first kappa shape index (κ1) is 39.5. The first-order valence-electron chi connectivity index (χ1n) is 19.5. The molecule has 0 bridgehead atoms. The highest BCUT2D eigenvalue weighted by Gasteiger charge is 2.39. The summed E-state index contributed by atoms with van der Waals surface area (Å²) in [7, 11) is 2.58. The Hall–Kier alpha value is -5.70. The molecule has 3 aromatic heterocycles. The number of hydrogen-bond donors (Lipinski definition) is 4. The van der Waals surface area contributed by atoms with Gasteiger partial charge in [0, 0.05) is 23.5 Å². The van der Waals surface area contributed by atoms with Crippen molar-refractivity contribution in [3.05, 3.63) is 72.6 Å². The van der Waals surface area contributed by atoms with E-state index in [2.05, 4.69) is 63.1 Å². The SMILES string of the molecule is COC(=O)N[C@H](C(=O)N1CCCC1c1ncc(-c2cccc3c(-c4ccc(-c5cnc([C@@H]6CCCN6C(=O)[C@@H](NC(=O)OC)C(C)C)[nH]5)s4)cccc23)[nH]1)C(C)C. The van der Waals surface area contributed by atoms with Gasteiger partial charge < -0.3 is 39.9 Å². The number of amides is 4. The van der Waals surface area contributed by atoms with Gasteiger partial charge in [0.15, 0.2) is 0 Å². The van der Waals surface area contributed by atoms with Crippen molar-refractivity contribution < 1.29 is 28.7 Å². The highest BCUT2D eigenvalue weighted by molar-refractivity contribution is 7.18. The number of fused-ring (bicyclic) bond motifs is 1. The number of methoxy groups -OCH3 is 2. The first-order chi connectivity index (χ1) is 27.5. The van der Waals surface area contributed by atoms with Crippen LogP contribution in [0.2, 0.25) is 0 Å². The highest BCUT2D eigenvalue weighted by Crippen LogP contribution is 2.41. The zero-order valence-electron chi connectivity index (χ0n) is 33.1. The van der Waals surface area contributed by atoms with Crippen molar-refractivity contribution in [2.75, 3.05) is 27.3 Å². The Bertz CT molecular complexity index is 2260. The monoisotopic (exact) mass is 794 g/mol. The fraction of sp³-hybridized carbons (Fsp3) is 0.429. The lowest BCUT2D eigenvalue weighted by Gasteiger charge is -2.30. The van der Waals surface area contributed by atoms with Crippen LogP contribution in [-0.2, 0) is 19.1 Å². The van der Waals surface area contributed by atoms with Gasteiger partial charge in [0.2, 0.25) is 11.8 Å². The Kier molecular flexibility index (Phi) is 11.7. The van der Waals surface area contributed by atoms with Gasteiger partial charge in [-0.05, 0) is 66.0 Å². The molecule has 4 atom stereocenters. The number of imidazole rings is 2. The van der Waals surface area contributed by atoms with Crippen LogP contribution in [0.15, 0.2) is 60.9 Å². The average Bonchev–Trinajstić information content (AvgIpc) is 4.06. The molecule has 4 amide bonds. The van der Waals surface area contributed by atoms with Gasteiger partial charge in [0.05, 0.1) is 55.0 Å². The summed E-state index contributed by atoms with van der Waals surface area (Å²) in [5.41, 5.74) is 3.83. The zero-order chi connectivity index (χ0) is 40.4. The largest absolute Gasteiger partial charge is 0.453 e. The maximum Gasteiger partial charge on any atom is 0.407 e. The number of carbonyl (C=O) groups is 4. The van der Waals surface area contributed by atoms with Gasteiger partial charge in [-0.1, -0.05) is 64.1 Å². The van der Waals surface area contributed by atoms with E-state index in [9.17, 15) is 19.2 Å². The van der Waals surface area contributed by atoms with Crippen molar-refractivity contribution in [2.45, 2.75) is 77.5 Å². The number of benzene rings is 2. The van der Waals surface area contributed by atoms with E-state index in [4.69, 9.17) is 19.4 Å². The molecule has 5 heterocycles. The molecule has 2 aliphatic heterocycles. The molecule has 57 heavy (non-hydrogen) atoms. The molecule has 4 N–H and O–H groups in total. The summed E-state index contributed by atoms with van der Waals surface area (Å²) in [5, 5.41) is 7.58. The number of aromatic amines is 2. The number of hydrogen-bond acceptors (Lipinski definition) is 9. The van der Waals surface area contributed by atoms with E-state index < -0.39 is 24.3 Å². The van der Waals surface area contributed by atoms with Gasteiger partial charge in [-0.3, -0.25) is 9.59 Å². The van der Waals surface area contributed by atoms with Crippen molar-refractivity contribution in [1.29, 1.82) is 0 Å². The van der Waals surface area contributed by atoms with E-state index in [-0.39, 0.29) is 35.7 Å². The van der Waals surface area contributed by atoms with Crippen LogP contribution in [0.5, 0.6) is 0 Å². The van der Waals surface area contributed by atoms with Crippen LogP contribution in [0, 0.1) is 11.8 Å². The second kappa shape index (κ2) is 16.8. The summed E-state index contributed by atoms with van der Waals surface area (Å²) in [5.74, 6) is 0.924. The van der Waals surface area contributed by atoms with Crippen LogP contribution in [-0.4, -0.2) is 93.1 Å². The lowest BCUT2D eigenvalue weighted by molar-refractivity contribution is -0.136. The normalized spacial score (nSPS) is 18.0. The van der Waals surface area contributed by atoms with Gasteiger partial charge >= 0.3 is 12.2 Å². The summed E-state index contributed by atoms with van der Waals surface area (Å²) >= 11 is 1.66. The minimum absolute atomic E-state index is 0.112. The third kappa shape index (κ3) is 7.98. The third-order valence-corrected chi connectivity index (χ3v) is 12.2. The molecule has 2 aromatic carbocycles. The summed E-state index contributed by atoms with van der Waals surface area (Å²) in [6, 6.07) is 14.9. The van der Waals surface area contributed by atoms with E-state index in [0.717, 1.165) is 74.5 Å². The number of aromatic nitrogens is 4. The second-order valence-corrected chi connectivity index (χ2v) is 16.4. The smallest absolute Gasteiger partial charge is 0.407 e. The molecule has 0 spiro atoms. The van der Waals surface area contributed by atoms with Crippen molar-refractivity contribution >= 4 is 46.1 Å². The van der Waals surface area contributed by atoms with Gasteiger partial charge in [-0.2, -0.15) is 0 Å². The molecule has 2 aliphatic rings. The van der Waals surface area contributed by atoms with Crippen LogP contribution in [0.1, 0.15) is 77.1 Å². The number of carbonyl (C=O) groups excluding carboxylic acids is 4. The van der Waals surface area contributed by atoms with Gasteiger partial charge in [-0.15, -0.1) is 11.3 Å². The lowest BCUT2D eigenvalue weighted by atomic mass is 9.98. The van der Waals surface area contributed by atoms with Crippen LogP contribution < -0.4 is 10.6 Å². The van der Waals surface area contributed by atoms with Crippen molar-refractivity contribution in [3.8, 4) is 32.3 Å². The van der Waals surface area contributed by atoms with Crippen LogP contribution >= 0.6 is 11.3 Å². The third-order valence-electron chi connectivity index (χ3n) is 11.0. The molecule has 1 unspecified atom stereocenters. The van der Waals surface area contributed by atoms with E-state index >= 15 is 0 Å². The van der Waals surface area contributed by atoms with Crippen LogP contribution in [0.25, 0.3) is 43.0 Å². The molecule has 15 heteroatoms. The molecular formula is C42H50N8O6S. The molecule has 7 rings (SSSR count). The number of likely N-dealkylation sites (tertiary alicyclic amines) is 2. The minimum Gasteiger partial charge on any atom is -0.453 e.